The van der Waals surface area contributed by atoms with E-state index in [1.165, 1.54) is 11.3 Å². The van der Waals surface area contributed by atoms with Gasteiger partial charge in [-0.05, 0) is 13.8 Å². The van der Waals surface area contributed by atoms with Gasteiger partial charge < -0.3 is 4.90 Å². The molecule has 2 heterocycles. The maximum Gasteiger partial charge on any atom is 0.294 e. The minimum atomic E-state index is -0.563. The Morgan fingerprint density at radius 1 is 1.55 bits per heavy atom. The molecule has 2 rings (SSSR count). The highest BCUT2D eigenvalue weighted by atomic mass is 32.1. The predicted molar refractivity (Wildman–Crippen MR) is 75.9 cm³/mol. The minimum absolute atomic E-state index is 0.0962. The van der Waals surface area contributed by atoms with Crippen LogP contribution in [0.2, 0.25) is 0 Å². The number of hydrazine groups is 1. The molecule has 0 unspecified atom stereocenters. The molecular formula is C12H19N5O2S. The van der Waals surface area contributed by atoms with Gasteiger partial charge in [0.05, 0.1) is 11.2 Å². The van der Waals surface area contributed by atoms with E-state index in [0.717, 1.165) is 12.2 Å². The van der Waals surface area contributed by atoms with Gasteiger partial charge >= 0.3 is 0 Å². The summed E-state index contributed by atoms with van der Waals surface area (Å²) in [5, 5.41) is 2.16. The van der Waals surface area contributed by atoms with Crippen LogP contribution < -0.4 is 11.3 Å². The second-order valence-corrected chi connectivity index (χ2v) is 6.18. The Morgan fingerprint density at radius 2 is 2.25 bits per heavy atom. The first-order chi connectivity index (χ1) is 9.36. The molecule has 0 aromatic carbocycles. The van der Waals surface area contributed by atoms with Gasteiger partial charge in [0.25, 0.3) is 5.91 Å². The van der Waals surface area contributed by atoms with Gasteiger partial charge in [0.15, 0.2) is 5.01 Å². The average Bonchev–Trinajstić information content (AvgIpc) is 2.88. The van der Waals surface area contributed by atoms with E-state index in [1.54, 1.807) is 4.90 Å². The number of nitrogens with one attached hydrogen (secondary N) is 1. The van der Waals surface area contributed by atoms with Crippen LogP contribution in [0.1, 0.15) is 29.3 Å². The van der Waals surface area contributed by atoms with Crippen molar-refractivity contribution in [1.82, 2.24) is 20.2 Å². The second kappa shape index (κ2) is 5.47. The van der Waals surface area contributed by atoms with Gasteiger partial charge in [0, 0.05) is 32.1 Å². The number of rotatable bonds is 3. The first-order valence-electron chi connectivity index (χ1n) is 6.32. The molecule has 1 fully saturated rings. The quantitative estimate of drug-likeness (QED) is 0.458. The molecule has 3 N–H and O–H groups in total. The number of hydrogen-bond donors (Lipinski definition) is 2. The lowest BCUT2D eigenvalue weighted by Crippen LogP contribution is -2.61. The average molecular weight is 297 g/mol. The fraction of sp³-hybridized carbons (Fsp3) is 0.583. The number of aromatic nitrogens is 1. The number of nitrogen functional groups attached to an aromatic ring is 1. The van der Waals surface area contributed by atoms with E-state index in [9.17, 15) is 9.59 Å². The van der Waals surface area contributed by atoms with Crippen molar-refractivity contribution < 1.29 is 9.59 Å². The number of carbonyl (C=O) groups excluding carboxylic acids is 2. The summed E-state index contributed by atoms with van der Waals surface area (Å²) in [5.74, 6) is 4.78. The highest BCUT2D eigenvalue weighted by Gasteiger charge is 2.40. The summed E-state index contributed by atoms with van der Waals surface area (Å²) in [7, 11) is 1.81. The van der Waals surface area contributed by atoms with Crippen LogP contribution in [0.25, 0.3) is 0 Å². The van der Waals surface area contributed by atoms with Crippen molar-refractivity contribution in [3.8, 4) is 0 Å². The number of piperazine rings is 1. The Morgan fingerprint density at radius 3 is 2.90 bits per heavy atom. The molecule has 2 amide bonds. The fourth-order valence-electron chi connectivity index (χ4n) is 2.27. The van der Waals surface area contributed by atoms with Crippen molar-refractivity contribution in [2.24, 2.45) is 5.84 Å². The maximum absolute atomic E-state index is 12.2. The maximum atomic E-state index is 12.2. The summed E-state index contributed by atoms with van der Waals surface area (Å²) >= 11 is 1.25. The van der Waals surface area contributed by atoms with Crippen LogP contribution in [-0.2, 0) is 11.3 Å². The second-order valence-electron chi connectivity index (χ2n) is 5.32. The predicted octanol–water partition coefficient (Wildman–Crippen LogP) is -0.201. The van der Waals surface area contributed by atoms with Gasteiger partial charge in [0.2, 0.25) is 5.91 Å². The summed E-state index contributed by atoms with van der Waals surface area (Å²) in [4.78, 5) is 31.6. The van der Waals surface area contributed by atoms with Crippen molar-refractivity contribution in [2.75, 3.05) is 20.1 Å². The summed E-state index contributed by atoms with van der Waals surface area (Å²) in [5.41, 5.74) is 2.28. The largest absolute Gasteiger partial charge is 0.343 e. The molecule has 0 spiro atoms. The molecule has 1 aliphatic heterocycles. The van der Waals surface area contributed by atoms with Crippen molar-refractivity contribution in [1.29, 1.82) is 0 Å². The highest BCUT2D eigenvalue weighted by Crippen LogP contribution is 2.24. The molecule has 8 heteroatoms. The molecule has 0 bridgehead atoms. The van der Waals surface area contributed by atoms with E-state index in [2.05, 4.69) is 15.3 Å². The Kier molecular flexibility index (Phi) is 4.07. The van der Waals surface area contributed by atoms with E-state index in [-0.39, 0.29) is 5.91 Å². The lowest BCUT2D eigenvalue weighted by Gasteiger charge is -2.44. The first-order valence-corrected chi connectivity index (χ1v) is 7.20. The third-order valence-corrected chi connectivity index (χ3v) is 4.49. The smallest absolute Gasteiger partial charge is 0.294 e. The van der Waals surface area contributed by atoms with Crippen molar-refractivity contribution >= 4 is 23.2 Å². The van der Waals surface area contributed by atoms with E-state index >= 15 is 0 Å². The summed E-state index contributed by atoms with van der Waals surface area (Å²) < 4.78 is 0. The minimum Gasteiger partial charge on any atom is -0.343 e. The van der Waals surface area contributed by atoms with Crippen molar-refractivity contribution in [2.45, 2.75) is 25.9 Å². The molecule has 0 radical (unpaired) electrons. The normalized spacial score (nSPS) is 19.2. The molecule has 7 nitrogen and oxygen atoms in total. The van der Waals surface area contributed by atoms with Gasteiger partial charge in [-0.2, -0.15) is 0 Å². The number of amides is 2. The van der Waals surface area contributed by atoms with Gasteiger partial charge in [-0.25, -0.2) is 10.8 Å². The molecule has 1 aromatic rings. The monoisotopic (exact) mass is 297 g/mol. The SMILES string of the molecule is CN1CCN(Cc2csc(C(=O)NN)n2)C(C)(C)C1=O. The molecule has 1 saturated heterocycles. The topological polar surface area (TPSA) is 91.6 Å². The van der Waals surface area contributed by atoms with Crippen LogP contribution in [0.4, 0.5) is 0 Å². The van der Waals surface area contributed by atoms with E-state index in [0.29, 0.717) is 18.1 Å². The van der Waals surface area contributed by atoms with Crippen LogP contribution in [-0.4, -0.2) is 52.3 Å². The molecule has 1 aliphatic rings. The van der Waals surface area contributed by atoms with Gasteiger partial charge in [-0.1, -0.05) is 0 Å². The lowest BCUT2D eigenvalue weighted by molar-refractivity contribution is -0.147. The molecule has 20 heavy (non-hydrogen) atoms. The molecule has 1 aromatic heterocycles. The van der Waals surface area contributed by atoms with E-state index in [1.807, 2.05) is 26.3 Å². The Hall–Kier alpha value is -1.51. The van der Waals surface area contributed by atoms with E-state index in [4.69, 9.17) is 5.84 Å². The van der Waals surface area contributed by atoms with Crippen LogP contribution in [0.3, 0.4) is 0 Å². The molecular weight excluding hydrogens is 278 g/mol. The number of thiazole rings is 1. The first kappa shape index (κ1) is 14.9. The summed E-state index contributed by atoms with van der Waals surface area (Å²) in [6, 6.07) is 0. The molecule has 0 atom stereocenters. The highest BCUT2D eigenvalue weighted by molar-refractivity contribution is 7.11. The van der Waals surface area contributed by atoms with Crippen LogP contribution in [0.15, 0.2) is 5.38 Å². The lowest BCUT2D eigenvalue weighted by atomic mass is 9.97. The number of likely N-dealkylation sites (N-methyl/N-ethyl adjacent to an activating group) is 1. The standard InChI is InChI=1S/C12H19N5O2S/c1-12(2)11(19)16(3)4-5-17(12)6-8-7-20-10(14-8)9(18)15-13/h7H,4-6,13H2,1-3H3,(H,15,18). The van der Waals surface area contributed by atoms with Crippen molar-refractivity contribution in [3.63, 3.8) is 0 Å². The van der Waals surface area contributed by atoms with Crippen molar-refractivity contribution in [3.05, 3.63) is 16.1 Å². The summed E-state index contributed by atoms with van der Waals surface area (Å²) in [6.45, 7) is 5.84. The number of nitrogens with two attached hydrogens (primary N) is 1. The number of nitrogens with zero attached hydrogens (tertiary/aromatic N) is 3. The zero-order valence-electron chi connectivity index (χ0n) is 11.8. The van der Waals surface area contributed by atoms with Crippen LogP contribution in [0.5, 0.6) is 0 Å². The zero-order chi connectivity index (χ0) is 14.9. The number of hydrogen-bond acceptors (Lipinski definition) is 6. The Labute approximate surface area is 121 Å². The summed E-state index contributed by atoms with van der Waals surface area (Å²) in [6.07, 6.45) is 0. The van der Waals surface area contributed by atoms with Gasteiger partial charge in [-0.15, -0.1) is 11.3 Å². The van der Waals surface area contributed by atoms with Gasteiger partial charge in [0.1, 0.15) is 0 Å². The van der Waals surface area contributed by atoms with Crippen LogP contribution in [0, 0.1) is 0 Å². The third kappa shape index (κ3) is 2.67. The van der Waals surface area contributed by atoms with E-state index < -0.39 is 11.4 Å². The molecule has 0 aliphatic carbocycles. The van der Waals surface area contributed by atoms with Gasteiger partial charge in [-0.3, -0.25) is 19.9 Å². The fourth-order valence-corrected chi connectivity index (χ4v) is 2.98. The number of carbonyl (C=O) groups is 2. The Bertz CT molecular complexity index is 528. The third-order valence-electron chi connectivity index (χ3n) is 3.60. The van der Waals surface area contributed by atoms with Crippen LogP contribution >= 0.6 is 11.3 Å². The molecule has 0 saturated carbocycles. The molecule has 110 valence electrons. The Balaban J connectivity index is 2.11. The zero-order valence-corrected chi connectivity index (χ0v) is 12.7.